The molecule has 0 atom stereocenters. The van der Waals surface area contributed by atoms with Gasteiger partial charge in [-0.1, -0.05) is 24.3 Å². The fourth-order valence-corrected chi connectivity index (χ4v) is 7.66. The number of alkyl halides is 3. The van der Waals surface area contributed by atoms with Crippen LogP contribution in [0.15, 0.2) is 61.1 Å². The second-order valence-corrected chi connectivity index (χ2v) is 12.9. The van der Waals surface area contributed by atoms with E-state index in [0.29, 0.717) is 41.9 Å². The summed E-state index contributed by atoms with van der Waals surface area (Å²) in [6, 6.07) is 15.7. The molecule has 2 aliphatic rings. The van der Waals surface area contributed by atoms with E-state index in [1.54, 1.807) is 7.11 Å². The van der Waals surface area contributed by atoms with Crippen molar-refractivity contribution in [2.24, 2.45) is 7.05 Å². The van der Waals surface area contributed by atoms with Gasteiger partial charge in [0.2, 0.25) is 5.82 Å². The summed E-state index contributed by atoms with van der Waals surface area (Å²) in [6.45, 7) is 1.08. The Balaban J connectivity index is 1.02. The van der Waals surface area contributed by atoms with Crippen LogP contribution in [0.1, 0.15) is 53.9 Å². The van der Waals surface area contributed by atoms with Gasteiger partial charge in [0.25, 0.3) is 5.91 Å². The average Bonchev–Trinajstić information content (AvgIpc) is 3.83. The molecule has 0 spiro atoms. The van der Waals surface area contributed by atoms with Crippen molar-refractivity contribution >= 4 is 39.3 Å². The number of halogens is 3. The highest BCUT2D eigenvalue weighted by atomic mass is 19.4. The SMILES string of the molecule is COc1cc(-c2cn(C3CCC(N4CCn5c(nnc5C(F)(F)F)C4)CC3)c3ncnc(N)c23)ccc1NC(=O)c1cc2ccccc2n1C. The van der Waals surface area contributed by atoms with Gasteiger partial charge in [-0.3, -0.25) is 9.69 Å². The predicted octanol–water partition coefficient (Wildman–Crippen LogP) is 6.04. The van der Waals surface area contributed by atoms with Crippen LogP contribution in [0.3, 0.4) is 0 Å². The summed E-state index contributed by atoms with van der Waals surface area (Å²) >= 11 is 0. The lowest BCUT2D eigenvalue weighted by atomic mass is 9.89. The van der Waals surface area contributed by atoms with E-state index < -0.39 is 12.0 Å². The quantitative estimate of drug-likeness (QED) is 0.217. The van der Waals surface area contributed by atoms with Gasteiger partial charge in [0.1, 0.15) is 35.1 Å². The summed E-state index contributed by atoms with van der Waals surface area (Å²) in [5, 5.41) is 12.0. The third-order valence-electron chi connectivity index (χ3n) is 10.2. The minimum atomic E-state index is -4.52. The van der Waals surface area contributed by atoms with Crippen LogP contribution >= 0.6 is 0 Å². The number of nitrogen functional groups attached to an aromatic ring is 1. The highest BCUT2D eigenvalue weighted by Gasteiger charge is 2.40. The maximum Gasteiger partial charge on any atom is 0.451 e. The van der Waals surface area contributed by atoms with E-state index in [9.17, 15) is 18.0 Å². The number of hydrogen-bond acceptors (Lipinski definition) is 8. The molecule has 12 nitrogen and oxygen atoms in total. The van der Waals surface area contributed by atoms with Crippen LogP contribution in [-0.4, -0.2) is 64.4 Å². The van der Waals surface area contributed by atoms with Crippen molar-refractivity contribution in [3.8, 4) is 16.9 Å². The summed E-state index contributed by atoms with van der Waals surface area (Å²) in [4.78, 5) is 24.5. The zero-order valence-electron chi connectivity index (χ0n) is 27.5. The largest absolute Gasteiger partial charge is 0.495 e. The Morgan fingerprint density at radius 3 is 2.54 bits per heavy atom. The summed E-state index contributed by atoms with van der Waals surface area (Å²) in [6.07, 6.45) is 2.48. The normalized spacial score (nSPS) is 18.4. The first-order valence-electron chi connectivity index (χ1n) is 16.5. The van der Waals surface area contributed by atoms with Crippen molar-refractivity contribution < 1.29 is 22.7 Å². The molecule has 1 saturated carbocycles. The molecule has 3 N–H and O–H groups in total. The Hall–Kier alpha value is -5.44. The van der Waals surface area contributed by atoms with Crippen LogP contribution in [0, 0.1) is 0 Å². The van der Waals surface area contributed by atoms with Gasteiger partial charge >= 0.3 is 6.18 Å². The highest BCUT2D eigenvalue weighted by molar-refractivity contribution is 6.07. The molecule has 8 rings (SSSR count). The molecule has 0 saturated heterocycles. The lowest BCUT2D eigenvalue weighted by Crippen LogP contribution is -2.43. The van der Waals surface area contributed by atoms with Crippen molar-refractivity contribution in [2.45, 2.75) is 57.0 Å². The van der Waals surface area contributed by atoms with Crippen LogP contribution in [0.25, 0.3) is 33.1 Å². The Morgan fingerprint density at radius 2 is 1.78 bits per heavy atom. The monoisotopic (exact) mass is 684 g/mol. The molecule has 4 aromatic heterocycles. The number of carbonyl (C=O) groups is 1. The molecule has 258 valence electrons. The number of nitrogens with zero attached hydrogens (tertiary/aromatic N) is 8. The predicted molar refractivity (Wildman–Crippen MR) is 182 cm³/mol. The van der Waals surface area contributed by atoms with Gasteiger partial charge in [-0.05, 0) is 55.5 Å². The number of amides is 1. The Labute approximate surface area is 284 Å². The number of nitrogens with two attached hydrogens (primary N) is 1. The molecule has 15 heteroatoms. The molecule has 1 aliphatic heterocycles. The van der Waals surface area contributed by atoms with E-state index in [1.807, 2.05) is 60.1 Å². The number of nitrogens with one attached hydrogen (secondary N) is 1. The molecular formula is C35H35F3N10O2. The number of rotatable bonds is 6. The number of aryl methyl sites for hydroxylation is 1. The molecule has 2 aromatic carbocycles. The summed E-state index contributed by atoms with van der Waals surface area (Å²) in [7, 11) is 3.43. The minimum absolute atomic E-state index is 0.142. The number of benzene rings is 2. The number of para-hydroxylation sites is 1. The molecule has 0 unspecified atom stereocenters. The first-order chi connectivity index (χ1) is 24.1. The molecular weight excluding hydrogens is 649 g/mol. The third kappa shape index (κ3) is 5.41. The number of hydrogen-bond donors (Lipinski definition) is 2. The molecule has 1 amide bonds. The van der Waals surface area contributed by atoms with Gasteiger partial charge in [0.15, 0.2) is 0 Å². The number of anilines is 2. The number of fused-ring (bicyclic) bond motifs is 3. The van der Waals surface area contributed by atoms with E-state index in [0.717, 1.165) is 58.7 Å². The second kappa shape index (κ2) is 12.2. The van der Waals surface area contributed by atoms with Gasteiger partial charge < -0.3 is 29.5 Å². The fourth-order valence-electron chi connectivity index (χ4n) is 7.66. The van der Waals surface area contributed by atoms with E-state index in [1.165, 1.54) is 10.9 Å². The Morgan fingerprint density at radius 1 is 1.00 bits per heavy atom. The van der Waals surface area contributed by atoms with E-state index >= 15 is 0 Å². The van der Waals surface area contributed by atoms with Gasteiger partial charge in [-0.25, -0.2) is 9.97 Å². The van der Waals surface area contributed by atoms with E-state index in [2.05, 4.69) is 41.1 Å². The fraction of sp³-hybridized carbons (Fsp3) is 0.343. The van der Waals surface area contributed by atoms with Crippen molar-refractivity contribution in [3.63, 3.8) is 0 Å². The van der Waals surface area contributed by atoms with Crippen molar-refractivity contribution in [1.82, 2.24) is 38.8 Å². The number of carbonyl (C=O) groups excluding carboxylic acids is 1. The molecule has 1 aliphatic carbocycles. The molecule has 6 aromatic rings. The molecule has 1 fully saturated rings. The summed E-state index contributed by atoms with van der Waals surface area (Å²) < 4.78 is 51.0. The molecule has 5 heterocycles. The lowest BCUT2D eigenvalue weighted by molar-refractivity contribution is -0.148. The second-order valence-electron chi connectivity index (χ2n) is 12.9. The molecule has 50 heavy (non-hydrogen) atoms. The first-order valence-corrected chi connectivity index (χ1v) is 16.5. The van der Waals surface area contributed by atoms with Crippen LogP contribution in [0.5, 0.6) is 5.75 Å². The highest BCUT2D eigenvalue weighted by Crippen LogP contribution is 2.41. The van der Waals surface area contributed by atoms with Gasteiger partial charge in [-0.15, -0.1) is 10.2 Å². The average molecular weight is 685 g/mol. The van der Waals surface area contributed by atoms with Crippen LogP contribution < -0.4 is 15.8 Å². The minimum Gasteiger partial charge on any atom is -0.495 e. The van der Waals surface area contributed by atoms with Crippen LogP contribution in [0.4, 0.5) is 24.7 Å². The Kier molecular flexibility index (Phi) is 7.73. The number of methoxy groups -OCH3 is 1. The Bertz CT molecular complexity index is 2250. The first kappa shape index (κ1) is 31.8. The van der Waals surface area contributed by atoms with Gasteiger partial charge in [0, 0.05) is 54.9 Å². The zero-order valence-corrected chi connectivity index (χ0v) is 27.5. The number of aromatic nitrogens is 7. The third-order valence-corrected chi connectivity index (χ3v) is 10.2. The number of ether oxygens (including phenoxy) is 1. The topological polar surface area (TPSA) is 134 Å². The van der Waals surface area contributed by atoms with Crippen LogP contribution in [0.2, 0.25) is 0 Å². The van der Waals surface area contributed by atoms with E-state index in [-0.39, 0.29) is 24.5 Å². The maximum atomic E-state index is 13.4. The summed E-state index contributed by atoms with van der Waals surface area (Å²) in [5.41, 5.74) is 10.9. The molecule has 0 bridgehead atoms. The zero-order chi connectivity index (χ0) is 34.7. The van der Waals surface area contributed by atoms with E-state index in [4.69, 9.17) is 10.5 Å². The summed E-state index contributed by atoms with van der Waals surface area (Å²) in [5.74, 6) is 0.0299. The van der Waals surface area contributed by atoms with Crippen molar-refractivity contribution in [1.29, 1.82) is 0 Å². The van der Waals surface area contributed by atoms with Gasteiger partial charge in [0.05, 0.1) is 24.7 Å². The molecule has 0 radical (unpaired) electrons. The standard InChI is InChI=1S/C35H35F3N10O2/c1-45-26-6-4-3-5-21(26)15-27(45)33(49)42-25-12-7-20(16-28(25)50-2)24-17-48(32-30(24)31(39)40-19-41-32)23-10-8-22(9-11-23)46-13-14-47-29(18-46)43-44-34(47)35(36,37)38/h3-7,12,15-17,19,22-23H,8-11,13-14,18H2,1-2H3,(H,42,49)(H2,39,40,41). The van der Waals surface area contributed by atoms with Crippen LogP contribution in [-0.2, 0) is 26.3 Å². The smallest absolute Gasteiger partial charge is 0.451 e. The van der Waals surface area contributed by atoms with Crippen molar-refractivity contribution in [3.05, 3.63) is 78.4 Å². The lowest BCUT2D eigenvalue weighted by Gasteiger charge is -2.39. The van der Waals surface area contributed by atoms with Crippen molar-refractivity contribution in [2.75, 3.05) is 24.7 Å². The van der Waals surface area contributed by atoms with Gasteiger partial charge in [-0.2, -0.15) is 13.2 Å². The maximum absolute atomic E-state index is 13.4.